The summed E-state index contributed by atoms with van der Waals surface area (Å²) in [6, 6.07) is 0.548. The SMILES string of the molecule is CC1OCCC1NCC(C)(C)CN(C)C. The van der Waals surface area contributed by atoms with Crippen LogP contribution in [-0.2, 0) is 4.74 Å². The average molecular weight is 214 g/mol. The van der Waals surface area contributed by atoms with Crippen LogP contribution < -0.4 is 5.32 Å². The molecule has 3 nitrogen and oxygen atoms in total. The zero-order valence-electron chi connectivity index (χ0n) is 10.8. The highest BCUT2D eigenvalue weighted by atomic mass is 16.5. The summed E-state index contributed by atoms with van der Waals surface area (Å²) in [5.74, 6) is 0. The van der Waals surface area contributed by atoms with Crippen molar-refractivity contribution in [3.63, 3.8) is 0 Å². The maximum Gasteiger partial charge on any atom is 0.0700 e. The summed E-state index contributed by atoms with van der Waals surface area (Å²) in [7, 11) is 4.26. The number of nitrogens with zero attached hydrogens (tertiary/aromatic N) is 1. The van der Waals surface area contributed by atoms with Crippen molar-refractivity contribution in [3.8, 4) is 0 Å². The molecule has 0 aromatic carbocycles. The molecule has 0 radical (unpaired) electrons. The first-order chi connectivity index (χ1) is 6.91. The van der Waals surface area contributed by atoms with Crippen molar-refractivity contribution in [1.29, 1.82) is 0 Å². The van der Waals surface area contributed by atoms with Crippen molar-refractivity contribution in [2.45, 2.75) is 39.3 Å². The lowest BCUT2D eigenvalue weighted by atomic mass is 9.92. The lowest BCUT2D eigenvalue weighted by Crippen LogP contribution is -2.43. The Morgan fingerprint density at radius 2 is 2.07 bits per heavy atom. The molecule has 0 spiro atoms. The van der Waals surface area contributed by atoms with E-state index < -0.39 is 0 Å². The normalized spacial score (nSPS) is 27.6. The van der Waals surface area contributed by atoms with Gasteiger partial charge in [0.1, 0.15) is 0 Å². The fourth-order valence-corrected chi connectivity index (χ4v) is 2.32. The van der Waals surface area contributed by atoms with Gasteiger partial charge in [-0.1, -0.05) is 13.8 Å². The summed E-state index contributed by atoms with van der Waals surface area (Å²) in [4.78, 5) is 2.25. The summed E-state index contributed by atoms with van der Waals surface area (Å²) in [5.41, 5.74) is 0.325. The first-order valence-electron chi connectivity index (χ1n) is 5.90. The molecule has 3 heteroatoms. The molecule has 1 fully saturated rings. The highest BCUT2D eigenvalue weighted by molar-refractivity contribution is 4.83. The van der Waals surface area contributed by atoms with E-state index in [0.717, 1.165) is 26.1 Å². The molecule has 0 amide bonds. The molecule has 2 unspecified atom stereocenters. The first kappa shape index (κ1) is 12.9. The molecular formula is C12H26N2O. The maximum atomic E-state index is 5.54. The predicted octanol–water partition coefficient (Wildman–Crippen LogP) is 1.34. The Bertz CT molecular complexity index is 192. The first-order valence-corrected chi connectivity index (χ1v) is 5.90. The van der Waals surface area contributed by atoms with Crippen molar-refractivity contribution < 1.29 is 4.74 Å². The Labute approximate surface area is 94.2 Å². The Balaban J connectivity index is 2.28. The number of nitrogens with one attached hydrogen (secondary N) is 1. The molecule has 0 aliphatic carbocycles. The van der Waals surface area contributed by atoms with Gasteiger partial charge in [0.05, 0.1) is 6.10 Å². The van der Waals surface area contributed by atoms with Gasteiger partial charge < -0.3 is 15.0 Å². The molecule has 0 saturated carbocycles. The molecule has 1 N–H and O–H groups in total. The fourth-order valence-electron chi connectivity index (χ4n) is 2.32. The standard InChI is InChI=1S/C12H26N2O/c1-10-11(6-7-15-10)13-8-12(2,3)9-14(4)5/h10-11,13H,6-9H2,1-5H3. The van der Waals surface area contributed by atoms with E-state index >= 15 is 0 Å². The van der Waals surface area contributed by atoms with E-state index in [2.05, 4.69) is 45.1 Å². The largest absolute Gasteiger partial charge is 0.377 e. The molecule has 1 saturated heterocycles. The van der Waals surface area contributed by atoms with E-state index in [-0.39, 0.29) is 0 Å². The highest BCUT2D eigenvalue weighted by Crippen LogP contribution is 2.18. The zero-order valence-corrected chi connectivity index (χ0v) is 10.8. The fraction of sp³-hybridized carbons (Fsp3) is 1.00. The second kappa shape index (κ2) is 5.28. The third kappa shape index (κ3) is 4.49. The molecule has 1 heterocycles. The third-order valence-electron chi connectivity index (χ3n) is 2.96. The second-order valence-electron chi connectivity index (χ2n) is 5.75. The maximum absolute atomic E-state index is 5.54. The van der Waals surface area contributed by atoms with Crippen molar-refractivity contribution in [3.05, 3.63) is 0 Å². The van der Waals surface area contributed by atoms with Crippen molar-refractivity contribution in [1.82, 2.24) is 10.2 Å². The van der Waals surface area contributed by atoms with Crippen molar-refractivity contribution in [2.24, 2.45) is 5.41 Å². The Morgan fingerprint density at radius 1 is 1.40 bits per heavy atom. The lowest BCUT2D eigenvalue weighted by Gasteiger charge is -2.30. The minimum absolute atomic E-state index is 0.325. The van der Waals surface area contributed by atoms with Crippen LogP contribution in [-0.4, -0.2) is 50.8 Å². The van der Waals surface area contributed by atoms with Gasteiger partial charge in [0, 0.05) is 25.7 Å². The van der Waals surface area contributed by atoms with Crippen LogP contribution in [0.25, 0.3) is 0 Å². The molecule has 0 bridgehead atoms. The van der Waals surface area contributed by atoms with E-state index in [0.29, 0.717) is 17.6 Å². The van der Waals surface area contributed by atoms with E-state index in [1.165, 1.54) is 0 Å². The second-order valence-corrected chi connectivity index (χ2v) is 5.75. The highest BCUT2D eigenvalue weighted by Gasteiger charge is 2.26. The van der Waals surface area contributed by atoms with Crippen LogP contribution in [0.1, 0.15) is 27.2 Å². The quantitative estimate of drug-likeness (QED) is 0.747. The van der Waals surface area contributed by atoms with Gasteiger partial charge >= 0.3 is 0 Å². The minimum atomic E-state index is 0.325. The van der Waals surface area contributed by atoms with E-state index in [1.807, 2.05) is 0 Å². The molecular weight excluding hydrogens is 188 g/mol. The summed E-state index contributed by atoms with van der Waals surface area (Å²) < 4.78 is 5.54. The van der Waals surface area contributed by atoms with Crippen molar-refractivity contribution in [2.75, 3.05) is 33.8 Å². The topological polar surface area (TPSA) is 24.5 Å². The van der Waals surface area contributed by atoms with E-state index in [4.69, 9.17) is 4.74 Å². The molecule has 90 valence electrons. The Kier molecular flexibility index (Phi) is 4.56. The van der Waals surface area contributed by atoms with Crippen LogP contribution in [0.5, 0.6) is 0 Å². The van der Waals surface area contributed by atoms with Crippen LogP contribution in [0.4, 0.5) is 0 Å². The molecule has 2 atom stereocenters. The molecule has 15 heavy (non-hydrogen) atoms. The van der Waals surface area contributed by atoms with Crippen LogP contribution in [0.15, 0.2) is 0 Å². The van der Waals surface area contributed by atoms with E-state index in [1.54, 1.807) is 0 Å². The summed E-state index contributed by atoms with van der Waals surface area (Å²) in [6.07, 6.45) is 1.53. The molecule has 1 aliphatic heterocycles. The van der Waals surface area contributed by atoms with Gasteiger partial charge in [-0.05, 0) is 32.9 Å². The van der Waals surface area contributed by atoms with Crippen molar-refractivity contribution >= 4 is 0 Å². The summed E-state index contributed by atoms with van der Waals surface area (Å²) in [6.45, 7) is 9.85. The Morgan fingerprint density at radius 3 is 2.53 bits per heavy atom. The zero-order chi connectivity index (χ0) is 11.5. The summed E-state index contributed by atoms with van der Waals surface area (Å²) >= 11 is 0. The van der Waals surface area contributed by atoms with Gasteiger partial charge in [0.25, 0.3) is 0 Å². The van der Waals surface area contributed by atoms with Gasteiger partial charge in [0.15, 0.2) is 0 Å². The van der Waals surface area contributed by atoms with Gasteiger partial charge in [-0.3, -0.25) is 0 Å². The number of hydrogen-bond donors (Lipinski definition) is 1. The van der Waals surface area contributed by atoms with Crippen LogP contribution in [0.2, 0.25) is 0 Å². The van der Waals surface area contributed by atoms with Gasteiger partial charge in [-0.2, -0.15) is 0 Å². The van der Waals surface area contributed by atoms with Crippen LogP contribution >= 0.6 is 0 Å². The molecule has 1 aliphatic rings. The van der Waals surface area contributed by atoms with Gasteiger partial charge in [-0.15, -0.1) is 0 Å². The smallest absolute Gasteiger partial charge is 0.0700 e. The van der Waals surface area contributed by atoms with Crippen LogP contribution in [0, 0.1) is 5.41 Å². The molecule has 1 rings (SSSR count). The predicted molar refractivity (Wildman–Crippen MR) is 64.2 cm³/mol. The van der Waals surface area contributed by atoms with Gasteiger partial charge in [-0.25, -0.2) is 0 Å². The molecule has 0 aromatic heterocycles. The average Bonchev–Trinajstić information content (AvgIpc) is 2.45. The minimum Gasteiger partial charge on any atom is -0.377 e. The summed E-state index contributed by atoms with van der Waals surface area (Å²) in [5, 5.41) is 3.63. The number of hydrogen-bond acceptors (Lipinski definition) is 3. The third-order valence-corrected chi connectivity index (χ3v) is 2.96. The van der Waals surface area contributed by atoms with Crippen LogP contribution in [0.3, 0.4) is 0 Å². The van der Waals surface area contributed by atoms with E-state index in [9.17, 15) is 0 Å². The van der Waals surface area contributed by atoms with Gasteiger partial charge in [0.2, 0.25) is 0 Å². The monoisotopic (exact) mass is 214 g/mol. The lowest BCUT2D eigenvalue weighted by molar-refractivity contribution is 0.109. The Hall–Kier alpha value is -0.120. The molecule has 0 aromatic rings. The number of ether oxygens (including phenoxy) is 1. The number of rotatable bonds is 5.